The number of nitrogens with one attached hydrogen (secondary N) is 2. The zero-order chi connectivity index (χ0) is 17.7. The van der Waals surface area contributed by atoms with Gasteiger partial charge in [0.25, 0.3) is 5.91 Å². The van der Waals surface area contributed by atoms with Gasteiger partial charge in [0, 0.05) is 54.9 Å². The monoisotopic (exact) mass is 352 g/mol. The number of aromatic nitrogens is 1. The van der Waals surface area contributed by atoms with Crippen molar-refractivity contribution in [3.63, 3.8) is 0 Å². The number of hydrogen-bond acceptors (Lipinski definition) is 3. The minimum absolute atomic E-state index is 0.0255. The van der Waals surface area contributed by atoms with Gasteiger partial charge in [0.15, 0.2) is 0 Å². The van der Waals surface area contributed by atoms with Crippen LogP contribution in [0, 0.1) is 0 Å². The van der Waals surface area contributed by atoms with E-state index in [4.69, 9.17) is 0 Å². The first-order valence-corrected chi connectivity index (χ1v) is 9.65. The first-order chi connectivity index (χ1) is 12.7. The fraction of sp³-hybridized carbons (Fsp3) is 0.500. The molecule has 0 radical (unpaired) electrons. The van der Waals surface area contributed by atoms with Crippen molar-refractivity contribution in [1.29, 1.82) is 0 Å². The Hall–Kier alpha value is -2.34. The Morgan fingerprint density at radius 3 is 2.92 bits per heavy atom. The Morgan fingerprint density at radius 2 is 2.00 bits per heavy atom. The highest BCUT2D eigenvalue weighted by Crippen LogP contribution is 2.30. The molecule has 6 heteroatoms. The number of benzene rings is 1. The van der Waals surface area contributed by atoms with E-state index >= 15 is 0 Å². The maximum Gasteiger partial charge on any atom is 0.254 e. The van der Waals surface area contributed by atoms with Gasteiger partial charge in [-0.25, -0.2) is 0 Å². The van der Waals surface area contributed by atoms with Gasteiger partial charge in [0.05, 0.1) is 0 Å². The van der Waals surface area contributed by atoms with E-state index in [-0.39, 0.29) is 17.9 Å². The summed E-state index contributed by atoms with van der Waals surface area (Å²) in [5.41, 5.74) is 4.54. The molecule has 0 bridgehead atoms. The molecule has 0 saturated carbocycles. The number of aromatic amines is 1. The van der Waals surface area contributed by atoms with Crippen LogP contribution in [0.15, 0.2) is 18.2 Å². The van der Waals surface area contributed by atoms with Crippen molar-refractivity contribution in [2.45, 2.75) is 31.7 Å². The normalized spacial score (nSPS) is 23.5. The van der Waals surface area contributed by atoms with E-state index in [1.807, 2.05) is 17.0 Å². The highest BCUT2D eigenvalue weighted by molar-refractivity contribution is 5.99. The van der Waals surface area contributed by atoms with Crippen LogP contribution >= 0.6 is 0 Å². The number of rotatable bonds is 1. The Labute approximate surface area is 152 Å². The van der Waals surface area contributed by atoms with Crippen LogP contribution in [0.3, 0.4) is 0 Å². The van der Waals surface area contributed by atoms with E-state index in [1.165, 1.54) is 29.5 Å². The number of carbonyl (C=O) groups is 2. The molecule has 2 aromatic rings. The van der Waals surface area contributed by atoms with Crippen LogP contribution in [-0.2, 0) is 17.6 Å². The van der Waals surface area contributed by atoms with Gasteiger partial charge in [-0.3, -0.25) is 14.5 Å². The molecular formula is C20H24N4O2. The van der Waals surface area contributed by atoms with Crippen LogP contribution in [0.4, 0.5) is 0 Å². The maximum atomic E-state index is 13.0. The second-order valence-corrected chi connectivity index (χ2v) is 7.64. The molecule has 1 aromatic heterocycles. The van der Waals surface area contributed by atoms with Crippen molar-refractivity contribution < 1.29 is 9.59 Å². The molecule has 1 aromatic carbocycles. The van der Waals surface area contributed by atoms with E-state index in [9.17, 15) is 9.59 Å². The number of piperazine rings is 2. The molecule has 6 nitrogen and oxygen atoms in total. The molecule has 2 saturated heterocycles. The molecule has 3 aliphatic rings. The molecule has 136 valence electrons. The van der Waals surface area contributed by atoms with E-state index in [2.05, 4.69) is 21.3 Å². The van der Waals surface area contributed by atoms with Crippen LogP contribution in [0.5, 0.6) is 0 Å². The number of hydrogen-bond donors (Lipinski definition) is 2. The van der Waals surface area contributed by atoms with E-state index in [0.717, 1.165) is 31.4 Å². The Bertz CT molecular complexity index is 887. The Balaban J connectivity index is 1.40. The van der Waals surface area contributed by atoms with Crippen LogP contribution in [-0.4, -0.2) is 65.4 Å². The maximum absolute atomic E-state index is 13.0. The van der Waals surface area contributed by atoms with Crippen molar-refractivity contribution in [3.8, 4) is 0 Å². The zero-order valence-corrected chi connectivity index (χ0v) is 14.9. The van der Waals surface area contributed by atoms with Gasteiger partial charge in [-0.2, -0.15) is 0 Å². The Morgan fingerprint density at radius 1 is 1.12 bits per heavy atom. The first kappa shape index (κ1) is 15.9. The fourth-order valence-electron chi connectivity index (χ4n) is 4.69. The third-order valence-corrected chi connectivity index (χ3v) is 6.12. The van der Waals surface area contributed by atoms with Crippen molar-refractivity contribution in [3.05, 3.63) is 35.0 Å². The highest BCUT2D eigenvalue weighted by Gasteiger charge is 2.36. The summed E-state index contributed by atoms with van der Waals surface area (Å²) in [5, 5.41) is 4.17. The molecule has 0 unspecified atom stereocenters. The minimum atomic E-state index is -0.206. The average Bonchev–Trinajstić information content (AvgIpc) is 3.05. The Kier molecular flexibility index (Phi) is 3.74. The number of H-pyrrole nitrogens is 1. The van der Waals surface area contributed by atoms with Crippen LogP contribution in [0.25, 0.3) is 10.9 Å². The molecule has 1 atom stereocenters. The summed E-state index contributed by atoms with van der Waals surface area (Å²) in [6.45, 7) is 3.50. The summed E-state index contributed by atoms with van der Waals surface area (Å²) in [7, 11) is 0. The van der Waals surface area contributed by atoms with Crippen LogP contribution in [0.2, 0.25) is 0 Å². The molecule has 2 aliphatic heterocycles. The quantitative estimate of drug-likeness (QED) is 0.813. The average molecular weight is 352 g/mol. The summed E-state index contributed by atoms with van der Waals surface area (Å²) < 4.78 is 0. The SMILES string of the molecule is O=C1NCCN2CCN(C(=O)c3ccc4c5c([nH]c4c3)CCCC5)C[C@@H]12. The van der Waals surface area contributed by atoms with Crippen molar-refractivity contribution >= 4 is 22.7 Å². The lowest BCUT2D eigenvalue weighted by molar-refractivity contribution is -0.131. The lowest BCUT2D eigenvalue weighted by atomic mass is 9.95. The second-order valence-electron chi connectivity index (χ2n) is 7.64. The minimum Gasteiger partial charge on any atom is -0.358 e. The largest absolute Gasteiger partial charge is 0.358 e. The van der Waals surface area contributed by atoms with Gasteiger partial charge >= 0.3 is 0 Å². The van der Waals surface area contributed by atoms with Crippen molar-refractivity contribution in [1.82, 2.24) is 20.1 Å². The number of fused-ring (bicyclic) bond motifs is 4. The van der Waals surface area contributed by atoms with Crippen molar-refractivity contribution in [2.75, 3.05) is 32.7 Å². The van der Waals surface area contributed by atoms with Crippen LogP contribution in [0.1, 0.15) is 34.5 Å². The van der Waals surface area contributed by atoms with Gasteiger partial charge < -0.3 is 15.2 Å². The smallest absolute Gasteiger partial charge is 0.254 e. The fourth-order valence-corrected chi connectivity index (χ4v) is 4.69. The molecule has 5 rings (SSSR count). The second kappa shape index (κ2) is 6.13. The molecule has 1 aliphatic carbocycles. The number of carbonyl (C=O) groups excluding carboxylic acids is 2. The molecule has 2 amide bonds. The summed E-state index contributed by atoms with van der Waals surface area (Å²) in [6.07, 6.45) is 4.71. The third-order valence-electron chi connectivity index (χ3n) is 6.12. The summed E-state index contributed by atoms with van der Waals surface area (Å²) in [5.74, 6) is 0.0683. The van der Waals surface area contributed by atoms with Gasteiger partial charge in [-0.1, -0.05) is 6.07 Å². The highest BCUT2D eigenvalue weighted by atomic mass is 16.2. The lowest BCUT2D eigenvalue weighted by Gasteiger charge is -2.43. The van der Waals surface area contributed by atoms with Crippen molar-refractivity contribution in [2.24, 2.45) is 0 Å². The summed E-state index contributed by atoms with van der Waals surface area (Å²) >= 11 is 0. The molecule has 0 spiro atoms. The number of nitrogens with zero attached hydrogens (tertiary/aromatic N) is 2. The zero-order valence-electron chi connectivity index (χ0n) is 14.9. The molecule has 2 fully saturated rings. The van der Waals surface area contributed by atoms with Gasteiger partial charge in [0.1, 0.15) is 6.04 Å². The molecule has 3 heterocycles. The molecule has 26 heavy (non-hydrogen) atoms. The van der Waals surface area contributed by atoms with Gasteiger partial charge in [-0.15, -0.1) is 0 Å². The third kappa shape index (κ3) is 2.51. The number of amides is 2. The molecule has 2 N–H and O–H groups in total. The standard InChI is InChI=1S/C20H24N4O2/c25-19-18-12-24(10-9-23(18)8-7-21-19)20(26)13-5-6-15-14-3-1-2-4-16(14)22-17(15)11-13/h5-6,11,18,22H,1-4,7-10,12H2,(H,21,25)/t18-/m0/s1. The predicted octanol–water partition coefficient (Wildman–Crippen LogP) is 1.30. The number of aryl methyl sites for hydroxylation is 2. The van der Waals surface area contributed by atoms with Crippen LogP contribution < -0.4 is 5.32 Å². The predicted molar refractivity (Wildman–Crippen MR) is 99.2 cm³/mol. The van der Waals surface area contributed by atoms with Gasteiger partial charge in [0.2, 0.25) is 5.91 Å². The first-order valence-electron chi connectivity index (χ1n) is 9.65. The van der Waals surface area contributed by atoms with E-state index in [0.29, 0.717) is 25.2 Å². The van der Waals surface area contributed by atoms with Gasteiger partial charge in [-0.05, 0) is 43.4 Å². The summed E-state index contributed by atoms with van der Waals surface area (Å²) in [6, 6.07) is 5.82. The van der Waals surface area contributed by atoms with E-state index in [1.54, 1.807) is 0 Å². The van der Waals surface area contributed by atoms with E-state index < -0.39 is 0 Å². The topological polar surface area (TPSA) is 68.4 Å². The molecular weight excluding hydrogens is 328 g/mol. The lowest BCUT2D eigenvalue weighted by Crippen LogP contribution is -2.64. The summed E-state index contributed by atoms with van der Waals surface area (Å²) in [4.78, 5) is 32.7.